The molecule has 0 atom stereocenters. The lowest BCUT2D eigenvalue weighted by Crippen LogP contribution is -2.18. The Balaban J connectivity index is 0.000000171. The van der Waals surface area contributed by atoms with Crippen LogP contribution in [0.4, 0.5) is 0 Å². The van der Waals surface area contributed by atoms with Crippen LogP contribution in [0.5, 0.6) is 0 Å². The van der Waals surface area contributed by atoms with Crippen molar-refractivity contribution in [2.45, 2.75) is 6.92 Å². The normalized spacial score (nSPS) is 12.5. The van der Waals surface area contributed by atoms with Gasteiger partial charge in [-0.3, -0.25) is 14.4 Å². The number of rotatable bonds is 3. The van der Waals surface area contributed by atoms with Crippen molar-refractivity contribution in [3.8, 4) is 34.7 Å². The van der Waals surface area contributed by atoms with Crippen LogP contribution >= 0.6 is 0 Å². The fraction of sp³-hybridized carbons (Fsp3) is 0.0357. The van der Waals surface area contributed by atoms with Crippen molar-refractivity contribution in [2.24, 2.45) is 16.6 Å². The zero-order valence-corrected chi connectivity index (χ0v) is 21.4. The molecular formula is C28H15N9O5. The molecule has 42 heavy (non-hydrogen) atoms. The van der Waals surface area contributed by atoms with E-state index in [1.807, 2.05) is 0 Å². The summed E-state index contributed by atoms with van der Waals surface area (Å²) in [6.07, 6.45) is 0. The summed E-state index contributed by atoms with van der Waals surface area (Å²) >= 11 is 0. The molecule has 202 valence electrons. The summed E-state index contributed by atoms with van der Waals surface area (Å²) in [5.41, 5.74) is 13.2. The van der Waals surface area contributed by atoms with Crippen LogP contribution in [0.15, 0.2) is 53.7 Å². The molecule has 0 aliphatic heterocycles. The lowest BCUT2D eigenvalue weighted by Gasteiger charge is -2.03. The number of benzene rings is 2. The maximum atomic E-state index is 12.1. The molecule has 2 aliphatic rings. The van der Waals surface area contributed by atoms with Crippen LogP contribution in [0.1, 0.15) is 66.6 Å². The molecule has 0 bridgehead atoms. The van der Waals surface area contributed by atoms with Gasteiger partial charge in [0.1, 0.15) is 40.6 Å². The SMILES string of the molecule is CC(=O)O/N=C1/c2ccccc2-c2nc(C(N)=O)c(C#N)nc21.N#Cc1nc2c(nc1C(N)=O)-c1ccccc1C2=O. The highest BCUT2D eigenvalue weighted by Crippen LogP contribution is 2.35. The number of primary amides is 2. The maximum Gasteiger partial charge on any atom is 0.332 e. The summed E-state index contributed by atoms with van der Waals surface area (Å²) in [5, 5.41) is 21.9. The average molecular weight is 557 g/mol. The molecule has 0 radical (unpaired) electrons. The van der Waals surface area contributed by atoms with E-state index in [1.54, 1.807) is 60.7 Å². The number of amides is 2. The molecule has 0 unspecified atom stereocenters. The first kappa shape index (κ1) is 26.9. The van der Waals surface area contributed by atoms with Crippen molar-refractivity contribution in [3.05, 3.63) is 93.8 Å². The summed E-state index contributed by atoms with van der Waals surface area (Å²) in [6.45, 7) is 1.22. The number of fused-ring (bicyclic) bond motifs is 6. The minimum atomic E-state index is -0.847. The predicted octanol–water partition coefficient (Wildman–Crippen LogP) is 1.40. The number of hydrogen-bond acceptors (Lipinski definition) is 12. The first-order chi connectivity index (χ1) is 20.2. The first-order valence-corrected chi connectivity index (χ1v) is 11.9. The fourth-order valence-corrected chi connectivity index (χ4v) is 4.31. The third kappa shape index (κ3) is 4.47. The Morgan fingerprint density at radius 3 is 1.67 bits per heavy atom. The van der Waals surface area contributed by atoms with Crippen LogP contribution in [0.2, 0.25) is 0 Å². The molecule has 2 aliphatic carbocycles. The van der Waals surface area contributed by atoms with Crippen molar-refractivity contribution in [2.75, 3.05) is 0 Å². The van der Waals surface area contributed by atoms with Gasteiger partial charge in [-0.25, -0.2) is 24.7 Å². The van der Waals surface area contributed by atoms with E-state index >= 15 is 0 Å². The first-order valence-electron chi connectivity index (χ1n) is 11.9. The largest absolute Gasteiger partial charge is 0.364 e. The molecule has 0 saturated carbocycles. The Labute approximate surface area is 235 Å². The van der Waals surface area contributed by atoms with Gasteiger partial charge in [-0.05, 0) is 0 Å². The van der Waals surface area contributed by atoms with Crippen molar-refractivity contribution in [3.63, 3.8) is 0 Å². The molecule has 6 rings (SSSR count). The molecule has 2 heterocycles. The Morgan fingerprint density at radius 2 is 1.17 bits per heavy atom. The Bertz CT molecular complexity index is 2000. The number of nitriles is 2. The number of carbonyl (C=O) groups excluding carboxylic acids is 4. The molecule has 14 heteroatoms. The minimum Gasteiger partial charge on any atom is -0.364 e. The highest BCUT2D eigenvalue weighted by Gasteiger charge is 2.32. The van der Waals surface area contributed by atoms with Gasteiger partial charge in [0.2, 0.25) is 5.78 Å². The van der Waals surface area contributed by atoms with Crippen molar-refractivity contribution in [1.82, 2.24) is 19.9 Å². The minimum absolute atomic E-state index is 0.0859. The Kier molecular flexibility index (Phi) is 6.72. The lowest BCUT2D eigenvalue weighted by molar-refractivity contribution is -0.140. The summed E-state index contributed by atoms with van der Waals surface area (Å²) in [5.74, 6) is -2.58. The number of oxime groups is 1. The molecule has 4 aromatic rings. The van der Waals surface area contributed by atoms with Crippen LogP contribution < -0.4 is 11.5 Å². The van der Waals surface area contributed by atoms with Crippen LogP contribution in [0.25, 0.3) is 22.5 Å². The second-order valence-electron chi connectivity index (χ2n) is 8.63. The van der Waals surface area contributed by atoms with Crippen molar-refractivity contribution >= 4 is 29.3 Å². The molecule has 2 aromatic carbocycles. The van der Waals surface area contributed by atoms with Crippen LogP contribution in [0.3, 0.4) is 0 Å². The van der Waals surface area contributed by atoms with E-state index in [0.29, 0.717) is 33.6 Å². The molecule has 2 aromatic heterocycles. The van der Waals surface area contributed by atoms with Gasteiger partial charge in [-0.2, -0.15) is 10.5 Å². The van der Waals surface area contributed by atoms with Gasteiger partial charge in [-0.1, -0.05) is 53.7 Å². The fourth-order valence-electron chi connectivity index (χ4n) is 4.31. The molecule has 0 saturated heterocycles. The number of ketones is 1. The standard InChI is InChI=1S/C15H9N5O3.C13H6N4O2/c1-7(21)23-20-12-9-5-3-2-4-8(9)11-14(12)18-10(6-16)13(19-11)15(17)22;14-5-8-10(13(15)19)17-9-6-3-1-2-4-7(6)12(18)11(9)16-8/h2-5H,1H3,(H2,17,22);1-4H,(H2,15,19)/b20-12-;. The number of hydrogen-bond donors (Lipinski definition) is 2. The predicted molar refractivity (Wildman–Crippen MR) is 142 cm³/mol. The van der Waals surface area contributed by atoms with Gasteiger partial charge in [0.25, 0.3) is 11.8 Å². The number of nitrogens with two attached hydrogens (primary N) is 2. The number of nitrogens with zero attached hydrogens (tertiary/aromatic N) is 7. The van der Waals surface area contributed by atoms with Gasteiger partial charge >= 0.3 is 5.97 Å². The van der Waals surface area contributed by atoms with E-state index in [-0.39, 0.29) is 45.7 Å². The Hall–Kier alpha value is -6.67. The third-order valence-corrected chi connectivity index (χ3v) is 6.04. The smallest absolute Gasteiger partial charge is 0.332 e. The highest BCUT2D eigenvalue weighted by molar-refractivity contribution is 6.23. The summed E-state index contributed by atoms with van der Waals surface area (Å²) < 4.78 is 0. The van der Waals surface area contributed by atoms with Gasteiger partial charge in [0.05, 0.1) is 0 Å². The van der Waals surface area contributed by atoms with Gasteiger partial charge in [0.15, 0.2) is 22.8 Å². The van der Waals surface area contributed by atoms with E-state index in [1.165, 1.54) is 6.92 Å². The molecular weight excluding hydrogens is 542 g/mol. The van der Waals surface area contributed by atoms with E-state index in [9.17, 15) is 19.2 Å². The van der Waals surface area contributed by atoms with E-state index in [2.05, 4.69) is 25.1 Å². The second-order valence-corrected chi connectivity index (χ2v) is 8.63. The summed E-state index contributed by atoms with van der Waals surface area (Å²) in [6, 6.07) is 17.4. The molecule has 4 N–H and O–H groups in total. The van der Waals surface area contributed by atoms with E-state index in [4.69, 9.17) is 26.8 Å². The quantitative estimate of drug-likeness (QED) is 0.233. The summed E-state index contributed by atoms with van der Waals surface area (Å²) in [4.78, 5) is 66.8. The lowest BCUT2D eigenvalue weighted by atomic mass is 10.1. The second kappa shape index (κ2) is 10.5. The summed E-state index contributed by atoms with van der Waals surface area (Å²) in [7, 11) is 0. The van der Waals surface area contributed by atoms with Crippen LogP contribution in [-0.2, 0) is 9.63 Å². The Morgan fingerprint density at radius 1 is 0.714 bits per heavy atom. The van der Waals surface area contributed by atoms with Crippen LogP contribution in [0, 0.1) is 22.7 Å². The van der Waals surface area contributed by atoms with Gasteiger partial charge < -0.3 is 16.3 Å². The average Bonchev–Trinajstić information content (AvgIpc) is 3.45. The molecule has 2 amide bonds. The van der Waals surface area contributed by atoms with Crippen LogP contribution in [-0.4, -0.2) is 49.2 Å². The molecule has 14 nitrogen and oxygen atoms in total. The van der Waals surface area contributed by atoms with Crippen molar-refractivity contribution < 1.29 is 24.0 Å². The van der Waals surface area contributed by atoms with E-state index < -0.39 is 17.8 Å². The third-order valence-electron chi connectivity index (χ3n) is 6.04. The maximum absolute atomic E-state index is 12.1. The molecule has 0 fully saturated rings. The van der Waals surface area contributed by atoms with Crippen molar-refractivity contribution in [1.29, 1.82) is 10.5 Å². The molecule has 0 spiro atoms. The number of aromatic nitrogens is 4. The number of carbonyl (C=O) groups is 4. The topological polar surface area (TPSA) is 241 Å². The van der Waals surface area contributed by atoms with Gasteiger partial charge in [-0.15, -0.1) is 0 Å². The highest BCUT2D eigenvalue weighted by atomic mass is 16.7. The van der Waals surface area contributed by atoms with E-state index in [0.717, 1.165) is 0 Å². The zero-order valence-electron chi connectivity index (χ0n) is 21.4. The monoisotopic (exact) mass is 557 g/mol. The van der Waals surface area contributed by atoms with Gasteiger partial charge in [0, 0.05) is 29.2 Å². The zero-order chi connectivity index (χ0) is 30.1.